The van der Waals surface area contributed by atoms with Crippen LogP contribution in [-0.4, -0.2) is 40.6 Å². The Morgan fingerprint density at radius 3 is 2.41 bits per heavy atom. The van der Waals surface area contributed by atoms with Crippen molar-refractivity contribution in [3.05, 3.63) is 47.0 Å². The molecule has 2 heterocycles. The molecule has 1 unspecified atom stereocenters. The second kappa shape index (κ2) is 6.51. The van der Waals surface area contributed by atoms with E-state index in [2.05, 4.69) is 61.0 Å². The van der Waals surface area contributed by atoms with Crippen molar-refractivity contribution in [1.29, 1.82) is 5.26 Å². The molecule has 22 heavy (non-hydrogen) atoms. The summed E-state index contributed by atoms with van der Waals surface area (Å²) < 4.78 is 2.77. The molecule has 0 bridgehead atoms. The van der Waals surface area contributed by atoms with Gasteiger partial charge in [-0.2, -0.15) is 5.26 Å². The molecular weight excluding hydrogens is 342 g/mol. The number of nitrogens with zero attached hydrogens (tertiary/aromatic N) is 5. The predicted octanol–water partition coefficient (Wildman–Crippen LogP) is 2.57. The van der Waals surface area contributed by atoms with Gasteiger partial charge in [-0.05, 0) is 28.1 Å². The van der Waals surface area contributed by atoms with Gasteiger partial charge < -0.3 is 9.47 Å². The number of hydrogen-bond donors (Lipinski definition) is 0. The molecule has 3 rings (SSSR count). The molecule has 2 aromatic rings. The molecule has 0 N–H and O–H groups in total. The molecule has 1 aliphatic rings. The van der Waals surface area contributed by atoms with E-state index in [0.717, 1.165) is 36.5 Å². The van der Waals surface area contributed by atoms with Crippen LogP contribution in [0.4, 0.5) is 5.69 Å². The number of para-hydroxylation sites is 1. The lowest BCUT2D eigenvalue weighted by molar-refractivity contribution is 0.219. The SMILES string of the molecule is Cn1cnc(C(C#N)N2CCN(c3ccccc3)CC2)c1Br. The second-order valence-corrected chi connectivity index (χ2v) is 6.17. The minimum atomic E-state index is -0.298. The second-order valence-electron chi connectivity index (χ2n) is 5.42. The van der Waals surface area contributed by atoms with Gasteiger partial charge in [0.25, 0.3) is 0 Å². The fourth-order valence-electron chi connectivity index (χ4n) is 2.81. The standard InChI is InChI=1S/C16H18BrN5/c1-20-12-19-15(16(20)17)14(11-18)22-9-7-21(8-10-22)13-5-3-2-4-6-13/h2-6,12,14H,7-10H2,1H3. The van der Waals surface area contributed by atoms with Gasteiger partial charge in [-0.1, -0.05) is 18.2 Å². The van der Waals surface area contributed by atoms with E-state index in [9.17, 15) is 5.26 Å². The summed E-state index contributed by atoms with van der Waals surface area (Å²) in [5.74, 6) is 0. The summed E-state index contributed by atoms with van der Waals surface area (Å²) in [6.07, 6.45) is 1.74. The number of aryl methyl sites for hydroxylation is 1. The first-order valence-electron chi connectivity index (χ1n) is 7.31. The highest BCUT2D eigenvalue weighted by molar-refractivity contribution is 9.10. The minimum absolute atomic E-state index is 0.298. The quantitative estimate of drug-likeness (QED) is 0.844. The van der Waals surface area contributed by atoms with Crippen LogP contribution in [0.2, 0.25) is 0 Å². The molecule has 1 fully saturated rings. The van der Waals surface area contributed by atoms with Crippen LogP contribution in [0.5, 0.6) is 0 Å². The molecule has 1 saturated heterocycles. The molecule has 0 saturated carbocycles. The van der Waals surface area contributed by atoms with Crippen molar-refractivity contribution in [2.45, 2.75) is 6.04 Å². The number of rotatable bonds is 3. The lowest BCUT2D eigenvalue weighted by Crippen LogP contribution is -2.47. The van der Waals surface area contributed by atoms with Gasteiger partial charge in [-0.25, -0.2) is 4.98 Å². The average molecular weight is 360 g/mol. The summed E-state index contributed by atoms with van der Waals surface area (Å²) in [7, 11) is 1.92. The van der Waals surface area contributed by atoms with Crippen molar-refractivity contribution in [3.63, 3.8) is 0 Å². The number of anilines is 1. The number of benzene rings is 1. The van der Waals surface area contributed by atoms with Crippen LogP contribution in [0.15, 0.2) is 41.3 Å². The Hall–Kier alpha value is -1.84. The fourth-order valence-corrected chi connectivity index (χ4v) is 3.22. The van der Waals surface area contributed by atoms with Crippen molar-refractivity contribution < 1.29 is 0 Å². The highest BCUT2D eigenvalue weighted by Crippen LogP contribution is 2.27. The topological polar surface area (TPSA) is 48.1 Å². The molecule has 1 aliphatic heterocycles. The molecular formula is C16H18BrN5. The van der Waals surface area contributed by atoms with E-state index in [4.69, 9.17) is 0 Å². The summed E-state index contributed by atoms with van der Waals surface area (Å²) in [4.78, 5) is 8.94. The highest BCUT2D eigenvalue weighted by atomic mass is 79.9. The van der Waals surface area contributed by atoms with Crippen molar-refractivity contribution in [1.82, 2.24) is 14.5 Å². The summed E-state index contributed by atoms with van der Waals surface area (Å²) in [6, 6.07) is 12.5. The van der Waals surface area contributed by atoms with Gasteiger partial charge in [-0.15, -0.1) is 0 Å². The smallest absolute Gasteiger partial charge is 0.143 e. The first-order chi connectivity index (χ1) is 10.7. The van der Waals surface area contributed by atoms with Gasteiger partial charge in [0.2, 0.25) is 0 Å². The van der Waals surface area contributed by atoms with Crippen molar-refractivity contribution in [2.24, 2.45) is 7.05 Å². The predicted molar refractivity (Wildman–Crippen MR) is 89.5 cm³/mol. The van der Waals surface area contributed by atoms with E-state index >= 15 is 0 Å². The molecule has 114 valence electrons. The van der Waals surface area contributed by atoms with Gasteiger partial charge in [-0.3, -0.25) is 4.90 Å². The third-order valence-corrected chi connectivity index (χ3v) is 5.04. The fraction of sp³-hybridized carbons (Fsp3) is 0.375. The van der Waals surface area contributed by atoms with Crippen molar-refractivity contribution in [2.75, 3.05) is 31.1 Å². The number of nitriles is 1. The zero-order valence-corrected chi connectivity index (χ0v) is 14.1. The third kappa shape index (κ3) is 2.87. The molecule has 6 heteroatoms. The first-order valence-corrected chi connectivity index (χ1v) is 8.10. The average Bonchev–Trinajstić information content (AvgIpc) is 2.90. The number of piperazine rings is 1. The molecule has 1 aromatic heterocycles. The zero-order chi connectivity index (χ0) is 15.5. The lowest BCUT2D eigenvalue weighted by Gasteiger charge is -2.37. The van der Waals surface area contributed by atoms with Crippen LogP contribution in [0.3, 0.4) is 0 Å². The summed E-state index contributed by atoms with van der Waals surface area (Å²) in [5.41, 5.74) is 2.05. The number of halogens is 1. The van der Waals surface area contributed by atoms with Crippen LogP contribution in [0, 0.1) is 11.3 Å². The minimum Gasteiger partial charge on any atom is -0.369 e. The molecule has 0 aliphatic carbocycles. The maximum atomic E-state index is 9.57. The third-order valence-electron chi connectivity index (χ3n) is 4.07. The van der Waals surface area contributed by atoms with E-state index in [1.807, 2.05) is 17.7 Å². The summed E-state index contributed by atoms with van der Waals surface area (Å²) in [6.45, 7) is 3.56. The van der Waals surface area contributed by atoms with E-state index in [1.165, 1.54) is 5.69 Å². The summed E-state index contributed by atoms with van der Waals surface area (Å²) in [5, 5.41) is 9.57. The van der Waals surface area contributed by atoms with Gasteiger partial charge in [0.15, 0.2) is 0 Å². The van der Waals surface area contributed by atoms with E-state index in [0.29, 0.717) is 0 Å². The molecule has 5 nitrogen and oxygen atoms in total. The van der Waals surface area contributed by atoms with Crippen molar-refractivity contribution in [3.8, 4) is 6.07 Å². The Labute approximate surface area is 138 Å². The Bertz CT molecular complexity index is 668. The maximum absolute atomic E-state index is 9.57. The molecule has 0 amide bonds. The Kier molecular flexibility index (Phi) is 4.46. The number of hydrogen-bond acceptors (Lipinski definition) is 4. The van der Waals surface area contributed by atoms with Crippen LogP contribution in [0.25, 0.3) is 0 Å². The van der Waals surface area contributed by atoms with E-state index in [-0.39, 0.29) is 6.04 Å². The molecule has 1 atom stereocenters. The maximum Gasteiger partial charge on any atom is 0.143 e. The Balaban J connectivity index is 1.70. The zero-order valence-electron chi connectivity index (χ0n) is 12.5. The van der Waals surface area contributed by atoms with Gasteiger partial charge in [0, 0.05) is 38.9 Å². The number of aromatic nitrogens is 2. The molecule has 0 spiro atoms. The molecule has 1 aromatic carbocycles. The van der Waals surface area contributed by atoms with Gasteiger partial charge in [0.1, 0.15) is 16.3 Å². The van der Waals surface area contributed by atoms with Crippen molar-refractivity contribution >= 4 is 21.6 Å². The monoisotopic (exact) mass is 359 g/mol. The Morgan fingerprint density at radius 1 is 1.18 bits per heavy atom. The Morgan fingerprint density at radius 2 is 1.86 bits per heavy atom. The molecule has 0 radical (unpaired) electrons. The van der Waals surface area contributed by atoms with Gasteiger partial charge in [0.05, 0.1) is 12.4 Å². The van der Waals surface area contributed by atoms with Crippen LogP contribution in [-0.2, 0) is 7.05 Å². The van der Waals surface area contributed by atoms with E-state index in [1.54, 1.807) is 6.33 Å². The van der Waals surface area contributed by atoms with Gasteiger partial charge >= 0.3 is 0 Å². The number of imidazole rings is 1. The van der Waals surface area contributed by atoms with Crippen LogP contribution < -0.4 is 4.90 Å². The lowest BCUT2D eigenvalue weighted by atomic mass is 10.1. The van der Waals surface area contributed by atoms with Crippen LogP contribution in [0.1, 0.15) is 11.7 Å². The highest BCUT2D eigenvalue weighted by Gasteiger charge is 2.28. The summed E-state index contributed by atoms with van der Waals surface area (Å²) >= 11 is 3.52. The largest absolute Gasteiger partial charge is 0.369 e. The normalized spacial score (nSPS) is 17.2. The van der Waals surface area contributed by atoms with Crippen LogP contribution >= 0.6 is 15.9 Å². The van der Waals surface area contributed by atoms with E-state index < -0.39 is 0 Å². The first kappa shape index (κ1) is 15.1.